The highest BCUT2D eigenvalue weighted by molar-refractivity contribution is 6.32. The van der Waals surface area contributed by atoms with Crippen molar-refractivity contribution in [3.05, 3.63) is 69.2 Å². The molecule has 0 saturated heterocycles. The molecule has 24 heavy (non-hydrogen) atoms. The van der Waals surface area contributed by atoms with Gasteiger partial charge in [-0.2, -0.15) is 0 Å². The van der Waals surface area contributed by atoms with Crippen LogP contribution in [0.2, 0.25) is 10.0 Å². The minimum absolute atomic E-state index is 0.384. The zero-order chi connectivity index (χ0) is 17.1. The molecule has 1 aliphatic heterocycles. The van der Waals surface area contributed by atoms with Gasteiger partial charge in [0.15, 0.2) is 0 Å². The molecule has 2 aromatic carbocycles. The quantitative estimate of drug-likeness (QED) is 0.575. The van der Waals surface area contributed by atoms with E-state index in [9.17, 15) is 4.79 Å². The second kappa shape index (κ2) is 7.07. The second-order valence-electron chi connectivity index (χ2n) is 5.22. The molecule has 6 heteroatoms. The largest absolute Gasteiger partial charge is 0.487 e. The number of ether oxygens (including phenoxy) is 1. The van der Waals surface area contributed by atoms with Crippen molar-refractivity contribution in [3.8, 4) is 5.75 Å². The predicted molar refractivity (Wildman–Crippen MR) is 94.4 cm³/mol. The average Bonchev–Trinajstić information content (AvgIpc) is 2.87. The molecule has 1 heterocycles. The van der Waals surface area contributed by atoms with Gasteiger partial charge in [-0.05, 0) is 48.4 Å². The molecule has 0 radical (unpaired) electrons. The van der Waals surface area contributed by atoms with Crippen molar-refractivity contribution in [1.82, 2.24) is 0 Å². The molecule has 0 bridgehead atoms. The molecular formula is C18H13Cl2NO3. The number of rotatable bonds is 4. The van der Waals surface area contributed by atoms with Gasteiger partial charge >= 0.3 is 5.97 Å². The van der Waals surface area contributed by atoms with Gasteiger partial charge in [0.2, 0.25) is 0 Å². The Kier molecular flexibility index (Phi) is 4.88. The van der Waals surface area contributed by atoms with Gasteiger partial charge in [0.1, 0.15) is 12.4 Å². The molecule has 0 saturated carbocycles. The van der Waals surface area contributed by atoms with Crippen LogP contribution in [0.1, 0.15) is 18.1 Å². The smallest absolute Gasteiger partial charge is 0.367 e. The lowest BCUT2D eigenvalue weighted by Gasteiger charge is -2.09. The van der Waals surface area contributed by atoms with Gasteiger partial charge in [0, 0.05) is 5.02 Å². The zero-order valence-corrected chi connectivity index (χ0v) is 14.3. The molecule has 3 rings (SSSR count). The van der Waals surface area contributed by atoms with Gasteiger partial charge in [-0.25, -0.2) is 4.79 Å². The van der Waals surface area contributed by atoms with Crippen molar-refractivity contribution in [3.63, 3.8) is 0 Å². The maximum atomic E-state index is 11.6. The van der Waals surface area contributed by atoms with Gasteiger partial charge < -0.3 is 9.57 Å². The molecule has 0 N–H and O–H groups in total. The van der Waals surface area contributed by atoms with E-state index in [1.807, 2.05) is 30.3 Å². The number of hydrogen-bond donors (Lipinski definition) is 0. The lowest BCUT2D eigenvalue weighted by atomic mass is 10.1. The first-order valence-corrected chi connectivity index (χ1v) is 7.93. The Morgan fingerprint density at radius 2 is 1.92 bits per heavy atom. The third kappa shape index (κ3) is 3.78. The third-order valence-corrected chi connectivity index (χ3v) is 4.00. The maximum Gasteiger partial charge on any atom is 0.367 e. The molecule has 0 fully saturated rings. The molecule has 122 valence electrons. The first kappa shape index (κ1) is 16.6. The minimum Gasteiger partial charge on any atom is -0.487 e. The summed E-state index contributed by atoms with van der Waals surface area (Å²) in [6.45, 7) is 2.09. The van der Waals surface area contributed by atoms with Crippen LogP contribution in [0.5, 0.6) is 5.75 Å². The predicted octanol–water partition coefficient (Wildman–Crippen LogP) is 4.89. The van der Waals surface area contributed by atoms with E-state index in [0.717, 1.165) is 11.1 Å². The van der Waals surface area contributed by atoms with E-state index in [2.05, 4.69) is 9.99 Å². The van der Waals surface area contributed by atoms with E-state index in [4.69, 9.17) is 27.9 Å². The summed E-state index contributed by atoms with van der Waals surface area (Å²) in [6.07, 6.45) is 1.68. The molecule has 0 aromatic heterocycles. The number of carbonyl (C=O) groups is 1. The SMILES string of the molecule is CC1=NOC(=O)/C1=C/c1ccc(OCc2ccc(Cl)cc2)c(Cl)c1. The fourth-order valence-electron chi connectivity index (χ4n) is 2.15. The summed E-state index contributed by atoms with van der Waals surface area (Å²) in [6, 6.07) is 12.7. The molecule has 1 aliphatic rings. The van der Waals surface area contributed by atoms with Crippen LogP contribution < -0.4 is 4.74 Å². The summed E-state index contributed by atoms with van der Waals surface area (Å²) in [4.78, 5) is 16.2. The van der Waals surface area contributed by atoms with Crippen molar-refractivity contribution in [2.75, 3.05) is 0 Å². The Balaban J connectivity index is 1.73. The van der Waals surface area contributed by atoms with Crippen LogP contribution >= 0.6 is 23.2 Å². The Hall–Kier alpha value is -2.30. The van der Waals surface area contributed by atoms with Crippen molar-refractivity contribution in [2.24, 2.45) is 5.16 Å². The molecule has 4 nitrogen and oxygen atoms in total. The van der Waals surface area contributed by atoms with E-state index < -0.39 is 5.97 Å². The molecule has 2 aromatic rings. The van der Waals surface area contributed by atoms with Gasteiger partial charge in [0.05, 0.1) is 16.3 Å². The normalized spacial score (nSPS) is 15.4. The molecule has 0 unspecified atom stereocenters. The molecular weight excluding hydrogens is 349 g/mol. The Bertz CT molecular complexity index is 842. The lowest BCUT2D eigenvalue weighted by molar-refractivity contribution is -0.136. The first-order chi connectivity index (χ1) is 11.5. The summed E-state index contributed by atoms with van der Waals surface area (Å²) >= 11 is 12.1. The summed E-state index contributed by atoms with van der Waals surface area (Å²) in [5, 5.41) is 4.77. The van der Waals surface area contributed by atoms with Crippen molar-refractivity contribution < 1.29 is 14.4 Å². The zero-order valence-electron chi connectivity index (χ0n) is 12.8. The van der Waals surface area contributed by atoms with E-state index in [1.54, 1.807) is 25.1 Å². The number of nitrogens with zero attached hydrogens (tertiary/aromatic N) is 1. The highest BCUT2D eigenvalue weighted by Gasteiger charge is 2.21. The summed E-state index contributed by atoms with van der Waals surface area (Å²) < 4.78 is 5.72. The third-order valence-electron chi connectivity index (χ3n) is 3.45. The van der Waals surface area contributed by atoms with Crippen LogP contribution in [-0.2, 0) is 16.2 Å². The maximum absolute atomic E-state index is 11.6. The standard InChI is InChI=1S/C18H13Cl2NO3/c1-11-15(18(22)24-21-11)8-13-4-7-17(16(20)9-13)23-10-12-2-5-14(19)6-3-12/h2-9H,10H2,1H3/b15-8+. The van der Waals surface area contributed by atoms with E-state index in [0.29, 0.717) is 33.7 Å². The molecule has 0 amide bonds. The topological polar surface area (TPSA) is 47.9 Å². The van der Waals surface area contributed by atoms with E-state index in [-0.39, 0.29) is 0 Å². The van der Waals surface area contributed by atoms with Crippen LogP contribution in [-0.4, -0.2) is 11.7 Å². The van der Waals surface area contributed by atoms with Crippen molar-refractivity contribution in [2.45, 2.75) is 13.5 Å². The summed E-state index contributed by atoms with van der Waals surface area (Å²) in [5.41, 5.74) is 2.71. The van der Waals surface area contributed by atoms with Crippen molar-refractivity contribution in [1.29, 1.82) is 0 Å². The van der Waals surface area contributed by atoms with Crippen LogP contribution in [0.3, 0.4) is 0 Å². The minimum atomic E-state index is -0.466. The average molecular weight is 362 g/mol. The number of oxime groups is 1. The fourth-order valence-corrected chi connectivity index (χ4v) is 2.52. The fraction of sp³-hybridized carbons (Fsp3) is 0.111. The van der Waals surface area contributed by atoms with Crippen LogP contribution in [0, 0.1) is 0 Å². The number of hydrogen-bond acceptors (Lipinski definition) is 4. The second-order valence-corrected chi connectivity index (χ2v) is 6.06. The van der Waals surface area contributed by atoms with Gasteiger partial charge in [-0.1, -0.05) is 46.6 Å². The Morgan fingerprint density at radius 3 is 2.54 bits per heavy atom. The van der Waals surface area contributed by atoms with E-state index >= 15 is 0 Å². The Labute approximate surface area is 149 Å². The van der Waals surface area contributed by atoms with Gasteiger partial charge in [-0.3, -0.25) is 0 Å². The highest BCUT2D eigenvalue weighted by Crippen LogP contribution is 2.28. The van der Waals surface area contributed by atoms with Crippen molar-refractivity contribution >= 4 is 41.0 Å². The van der Waals surface area contributed by atoms with Gasteiger partial charge in [0.25, 0.3) is 0 Å². The monoisotopic (exact) mass is 361 g/mol. The lowest BCUT2D eigenvalue weighted by Crippen LogP contribution is -2.01. The molecule has 0 aliphatic carbocycles. The van der Waals surface area contributed by atoms with E-state index in [1.165, 1.54) is 0 Å². The van der Waals surface area contributed by atoms with Crippen LogP contribution in [0.25, 0.3) is 6.08 Å². The number of halogens is 2. The first-order valence-electron chi connectivity index (χ1n) is 7.18. The van der Waals surface area contributed by atoms with Crippen LogP contribution in [0.15, 0.2) is 53.2 Å². The van der Waals surface area contributed by atoms with Gasteiger partial charge in [-0.15, -0.1) is 0 Å². The summed E-state index contributed by atoms with van der Waals surface area (Å²) in [5.74, 6) is 0.0971. The Morgan fingerprint density at radius 1 is 1.17 bits per heavy atom. The summed E-state index contributed by atoms with van der Waals surface area (Å²) in [7, 11) is 0. The highest BCUT2D eigenvalue weighted by atomic mass is 35.5. The number of benzene rings is 2. The molecule has 0 spiro atoms. The van der Waals surface area contributed by atoms with Crippen LogP contribution in [0.4, 0.5) is 0 Å². The number of carbonyl (C=O) groups excluding carboxylic acids is 1. The molecule has 0 atom stereocenters.